The maximum Gasteiger partial charge on any atom is 0.407 e. The summed E-state index contributed by atoms with van der Waals surface area (Å²) in [6.45, 7) is 10.0. The predicted octanol–water partition coefficient (Wildman–Crippen LogP) is 6.08. The van der Waals surface area contributed by atoms with E-state index < -0.39 is 12.1 Å². The number of aromatic amines is 2. The number of ether oxygens (including phenoxy) is 2. The highest BCUT2D eigenvalue weighted by atomic mass is 16.5. The molecule has 3 aromatic heterocycles. The zero-order chi connectivity index (χ0) is 41.3. The fraction of sp³-hybridized carbons (Fsp3) is 0.452. The number of hydrogen-bond donors (Lipinski definition) is 5. The number of rotatable bonds is 14. The summed E-state index contributed by atoms with van der Waals surface area (Å²) < 4.78 is 8.62. The van der Waals surface area contributed by atoms with Crippen LogP contribution in [0, 0.1) is 5.92 Å². The third-order valence-corrected chi connectivity index (χ3v) is 9.31. The van der Waals surface area contributed by atoms with Crippen LogP contribution in [0.2, 0.25) is 0 Å². The first kappa shape index (κ1) is 43.9. The number of H-pyrrole nitrogens is 2. The molecule has 5 N–H and O–H groups in total. The minimum Gasteiger partial charge on any atom is -0.471 e. The Morgan fingerprint density at radius 1 is 0.965 bits per heavy atom. The van der Waals surface area contributed by atoms with Crippen molar-refractivity contribution in [3.05, 3.63) is 66.5 Å². The van der Waals surface area contributed by atoms with Gasteiger partial charge >= 0.3 is 6.09 Å². The van der Waals surface area contributed by atoms with Crippen molar-refractivity contribution in [1.29, 1.82) is 0 Å². The zero-order valence-electron chi connectivity index (χ0n) is 34.1. The lowest BCUT2D eigenvalue weighted by Gasteiger charge is -2.29. The molecule has 0 bridgehead atoms. The van der Waals surface area contributed by atoms with Crippen LogP contribution in [0.4, 0.5) is 4.79 Å². The number of carbonyl (C=O) groups is 4. The summed E-state index contributed by atoms with van der Waals surface area (Å²) in [5, 5.41) is 10.7. The van der Waals surface area contributed by atoms with Crippen LogP contribution in [-0.2, 0) is 30.3 Å². The summed E-state index contributed by atoms with van der Waals surface area (Å²) >= 11 is 0. The molecule has 1 aliphatic rings. The van der Waals surface area contributed by atoms with Crippen LogP contribution in [0.1, 0.15) is 77.5 Å². The fourth-order valence-electron chi connectivity index (χ4n) is 6.52. The molecule has 0 saturated carbocycles. The van der Waals surface area contributed by atoms with Gasteiger partial charge in [-0.25, -0.2) is 19.7 Å². The monoisotopic (exact) mass is 783 g/mol. The number of benzene rings is 2. The van der Waals surface area contributed by atoms with Gasteiger partial charge in [0.1, 0.15) is 17.7 Å². The number of imidazole rings is 2. The highest BCUT2D eigenvalue weighted by molar-refractivity contribution is 5.91. The van der Waals surface area contributed by atoms with Gasteiger partial charge in [-0.15, -0.1) is 0 Å². The average Bonchev–Trinajstić information content (AvgIpc) is 3.99. The second-order valence-corrected chi connectivity index (χ2v) is 14.2. The number of pyridine rings is 1. The van der Waals surface area contributed by atoms with E-state index in [1.807, 2.05) is 32.3 Å². The van der Waals surface area contributed by atoms with Crippen LogP contribution >= 0.6 is 0 Å². The van der Waals surface area contributed by atoms with Crippen molar-refractivity contribution in [1.82, 2.24) is 45.8 Å². The second-order valence-electron chi connectivity index (χ2n) is 14.2. The molecule has 6 rings (SSSR count). The van der Waals surface area contributed by atoms with Gasteiger partial charge in [-0.1, -0.05) is 58.4 Å². The number of likely N-dealkylation sites (tertiary alicyclic amines) is 1. The zero-order valence-corrected chi connectivity index (χ0v) is 34.1. The first-order valence-corrected chi connectivity index (χ1v) is 19.5. The van der Waals surface area contributed by atoms with Gasteiger partial charge < -0.3 is 40.3 Å². The summed E-state index contributed by atoms with van der Waals surface area (Å²) in [6.07, 6.45) is 8.59. The molecule has 2 unspecified atom stereocenters. The number of carbonyl (C=O) groups excluding carboxylic acids is 4. The van der Waals surface area contributed by atoms with E-state index in [9.17, 15) is 14.4 Å². The maximum absolute atomic E-state index is 13.6. The van der Waals surface area contributed by atoms with E-state index >= 15 is 0 Å². The molecule has 306 valence electrons. The fourth-order valence-corrected chi connectivity index (χ4v) is 6.52. The third kappa shape index (κ3) is 12.1. The van der Waals surface area contributed by atoms with Crippen molar-refractivity contribution < 1.29 is 28.7 Å². The lowest BCUT2D eigenvalue weighted by Crippen LogP contribution is -2.51. The van der Waals surface area contributed by atoms with Crippen LogP contribution in [0.3, 0.4) is 0 Å². The van der Waals surface area contributed by atoms with Crippen LogP contribution < -0.4 is 16.0 Å². The molecular formula is C42H57N9O6. The number of fused-ring (bicyclic) bond motifs is 2. The van der Waals surface area contributed by atoms with Gasteiger partial charge in [0, 0.05) is 36.8 Å². The number of nitrogens with one attached hydrogen (secondary N) is 5. The Bertz CT molecular complexity index is 2080. The largest absolute Gasteiger partial charge is 0.471 e. The number of nitrogens with zero attached hydrogens (tertiary/aromatic N) is 4. The molecule has 2 atom stereocenters. The molecular weight excluding hydrogens is 727 g/mol. The number of methoxy groups -OCH3 is 2. The van der Waals surface area contributed by atoms with Crippen molar-refractivity contribution in [2.45, 2.75) is 78.3 Å². The van der Waals surface area contributed by atoms with E-state index in [0.29, 0.717) is 37.6 Å². The summed E-state index contributed by atoms with van der Waals surface area (Å²) in [5.74, 6) is 1.39. The van der Waals surface area contributed by atoms with Gasteiger partial charge in [-0.2, -0.15) is 0 Å². The molecule has 15 nitrogen and oxygen atoms in total. The Morgan fingerprint density at radius 2 is 1.67 bits per heavy atom. The van der Waals surface area contributed by atoms with Gasteiger partial charge in [0.05, 0.1) is 44.2 Å². The highest BCUT2D eigenvalue weighted by Crippen LogP contribution is 2.34. The minimum absolute atomic E-state index is 0.0106. The molecule has 57 heavy (non-hydrogen) atoms. The lowest BCUT2D eigenvalue weighted by atomic mass is 10.00. The van der Waals surface area contributed by atoms with Crippen LogP contribution in [0.15, 0.2) is 54.9 Å². The van der Waals surface area contributed by atoms with Crippen molar-refractivity contribution in [2.75, 3.05) is 40.9 Å². The first-order valence-electron chi connectivity index (χ1n) is 19.5. The number of alkyl carbamates (subject to hydrolysis) is 1. The first-order chi connectivity index (χ1) is 27.6. The second kappa shape index (κ2) is 22.0. The topological polar surface area (TPSA) is 196 Å². The number of unbranched alkanes of at least 4 members (excludes halogenated alkanes) is 1. The Morgan fingerprint density at radius 3 is 2.33 bits per heavy atom. The number of aryl methyl sites for hydroxylation is 1. The smallest absolute Gasteiger partial charge is 0.407 e. The highest BCUT2D eigenvalue weighted by Gasteiger charge is 2.37. The number of likely N-dealkylation sites (N-methyl/N-ethyl adjacent to an activating group) is 1. The summed E-state index contributed by atoms with van der Waals surface area (Å²) in [4.78, 5) is 68.7. The van der Waals surface area contributed by atoms with Crippen molar-refractivity contribution in [3.8, 4) is 22.4 Å². The van der Waals surface area contributed by atoms with E-state index in [0.717, 1.165) is 76.6 Å². The quantitative estimate of drug-likeness (QED) is 0.0651. The number of hydrogen-bond acceptors (Lipinski definition) is 10. The Kier molecular flexibility index (Phi) is 17.0. The molecule has 1 saturated heterocycles. The van der Waals surface area contributed by atoms with E-state index in [2.05, 4.69) is 90.9 Å². The molecule has 0 aliphatic carbocycles. The molecule has 5 aromatic rings. The Labute approximate surface area is 334 Å². The Hall–Kier alpha value is -5.83. The van der Waals surface area contributed by atoms with Gasteiger partial charge in [0.2, 0.25) is 11.8 Å². The SMILES string of the molecule is CCC.CNCC(=O)NCCCCc1ncc(-c2ccc3cc(-c4cnc5nc(C6CCCN6C(=O)C(NC(=O)OC)C(C)C)[nH]c5c4)ccc3c2)[nH]1.COC=O. The molecule has 3 amide bonds. The van der Waals surface area contributed by atoms with E-state index in [-0.39, 0.29) is 23.8 Å². The normalized spacial score (nSPS) is 14.0. The van der Waals surface area contributed by atoms with Crippen LogP contribution in [0.25, 0.3) is 44.3 Å². The minimum atomic E-state index is -0.691. The lowest BCUT2D eigenvalue weighted by molar-refractivity contribution is -0.135. The summed E-state index contributed by atoms with van der Waals surface area (Å²) in [6, 6.07) is 13.9. The molecule has 0 radical (unpaired) electrons. The summed E-state index contributed by atoms with van der Waals surface area (Å²) in [5.41, 5.74) is 5.43. The number of amides is 3. The van der Waals surface area contributed by atoms with Crippen LogP contribution in [0.5, 0.6) is 0 Å². The summed E-state index contributed by atoms with van der Waals surface area (Å²) in [7, 11) is 4.36. The van der Waals surface area contributed by atoms with Gasteiger partial charge in [-0.3, -0.25) is 14.4 Å². The molecule has 4 heterocycles. The molecule has 0 spiro atoms. The van der Waals surface area contributed by atoms with Gasteiger partial charge in [0.15, 0.2) is 5.65 Å². The van der Waals surface area contributed by atoms with Crippen molar-refractivity contribution >= 4 is 46.3 Å². The van der Waals surface area contributed by atoms with Gasteiger partial charge in [-0.05, 0) is 73.2 Å². The van der Waals surface area contributed by atoms with Crippen LogP contribution in [-0.4, -0.2) is 101 Å². The average molecular weight is 784 g/mol. The standard InChI is InChI=1S/C37H45N9O4.C3H8.C2H4O2/c1-22(2)33(44-37(49)50-4)36(48)46-15-7-8-30(46)35-43-28-18-27(19-41-34(28)45-35)25-11-10-24-17-26(13-12-23(24)16-25)29-20-40-31(42-29)9-5-6-14-39-32(47)21-38-3;1-3-2;1-4-2-3/h10-13,16-20,22,30,33,38H,5-9,14-15,21H2,1-4H3,(H,39,47)(H,40,42)(H,44,49)(H,41,43,45);3H2,1-2H3;2H,1H3. The molecule has 1 aliphatic heterocycles. The Balaban J connectivity index is 0.000000954. The van der Waals surface area contributed by atoms with E-state index in [1.54, 1.807) is 11.9 Å². The van der Waals surface area contributed by atoms with Crippen molar-refractivity contribution in [2.24, 2.45) is 5.92 Å². The third-order valence-electron chi connectivity index (χ3n) is 9.31. The van der Waals surface area contributed by atoms with E-state index in [4.69, 9.17) is 14.5 Å². The number of aromatic nitrogens is 5. The molecule has 1 fully saturated rings. The molecule has 2 aromatic carbocycles. The molecule has 15 heteroatoms. The van der Waals surface area contributed by atoms with Crippen molar-refractivity contribution in [3.63, 3.8) is 0 Å². The predicted molar refractivity (Wildman–Crippen MR) is 221 cm³/mol. The maximum atomic E-state index is 13.6. The van der Waals surface area contributed by atoms with E-state index in [1.165, 1.54) is 20.6 Å². The van der Waals surface area contributed by atoms with Gasteiger partial charge in [0.25, 0.3) is 6.47 Å².